The zero-order valence-corrected chi connectivity index (χ0v) is 11.1. The van der Waals surface area contributed by atoms with Crippen molar-refractivity contribution < 1.29 is 5.11 Å². The topological polar surface area (TPSA) is 35.5 Å². The molecule has 0 radical (unpaired) electrons. The zero-order chi connectivity index (χ0) is 12.0. The Balaban J connectivity index is 2.09. The van der Waals surface area contributed by atoms with Crippen LogP contribution in [0.5, 0.6) is 0 Å². The van der Waals surface area contributed by atoms with Gasteiger partial charge in [0.25, 0.3) is 0 Å². The monoisotopic (exact) mass is 228 g/mol. The highest BCUT2D eigenvalue weighted by molar-refractivity contribution is 4.75. The summed E-state index contributed by atoms with van der Waals surface area (Å²) in [5, 5.41) is 12.8. The fourth-order valence-corrected chi connectivity index (χ4v) is 2.60. The van der Waals surface area contributed by atoms with Gasteiger partial charge in [-0.1, -0.05) is 6.42 Å². The Morgan fingerprint density at radius 3 is 2.75 bits per heavy atom. The Bertz CT molecular complexity index is 185. The van der Waals surface area contributed by atoms with Gasteiger partial charge in [-0.3, -0.25) is 0 Å². The molecule has 3 heteroatoms. The number of hydrogen-bond donors (Lipinski definition) is 2. The van der Waals surface area contributed by atoms with Crippen LogP contribution in [0.15, 0.2) is 0 Å². The number of nitrogens with one attached hydrogen (secondary N) is 1. The molecule has 96 valence electrons. The first-order valence-corrected chi connectivity index (χ1v) is 6.71. The third kappa shape index (κ3) is 5.28. The van der Waals surface area contributed by atoms with Crippen molar-refractivity contribution in [2.24, 2.45) is 0 Å². The van der Waals surface area contributed by atoms with E-state index < -0.39 is 0 Å². The number of aliphatic hydroxyl groups excluding tert-OH is 1. The van der Waals surface area contributed by atoms with Crippen molar-refractivity contribution in [2.45, 2.75) is 64.1 Å². The average Bonchev–Trinajstić information content (AvgIpc) is 2.19. The van der Waals surface area contributed by atoms with Gasteiger partial charge in [0.1, 0.15) is 0 Å². The van der Waals surface area contributed by atoms with Gasteiger partial charge in [-0.15, -0.1) is 0 Å². The molecule has 1 heterocycles. The van der Waals surface area contributed by atoms with Crippen LogP contribution in [0.25, 0.3) is 0 Å². The summed E-state index contributed by atoms with van der Waals surface area (Å²) in [5.74, 6) is 0. The number of piperidine rings is 1. The van der Waals surface area contributed by atoms with E-state index in [0.717, 1.165) is 19.0 Å². The Morgan fingerprint density at radius 1 is 1.38 bits per heavy atom. The highest BCUT2D eigenvalue weighted by atomic mass is 16.3. The lowest BCUT2D eigenvalue weighted by Crippen LogP contribution is -2.39. The molecular weight excluding hydrogens is 200 g/mol. The van der Waals surface area contributed by atoms with Gasteiger partial charge in [0.15, 0.2) is 0 Å². The number of nitrogens with zero attached hydrogens (tertiary/aromatic N) is 1. The smallest absolute Gasteiger partial charge is 0.0526 e. The van der Waals surface area contributed by atoms with Gasteiger partial charge in [0.05, 0.1) is 6.10 Å². The summed E-state index contributed by atoms with van der Waals surface area (Å²) >= 11 is 0. The van der Waals surface area contributed by atoms with E-state index in [9.17, 15) is 5.11 Å². The Kier molecular flexibility index (Phi) is 6.32. The predicted octanol–water partition coefficient (Wildman–Crippen LogP) is 1.61. The second-order valence-corrected chi connectivity index (χ2v) is 5.36. The summed E-state index contributed by atoms with van der Waals surface area (Å²) in [6, 6.07) is 1.19. The van der Waals surface area contributed by atoms with Crippen molar-refractivity contribution >= 4 is 0 Å². The summed E-state index contributed by atoms with van der Waals surface area (Å²) in [6.45, 7) is 6.33. The summed E-state index contributed by atoms with van der Waals surface area (Å²) in [4.78, 5) is 2.49. The van der Waals surface area contributed by atoms with Crippen LogP contribution in [0.3, 0.4) is 0 Å². The lowest BCUT2D eigenvalue weighted by atomic mass is 10.00. The van der Waals surface area contributed by atoms with Crippen LogP contribution in [0.1, 0.15) is 46.0 Å². The first-order valence-electron chi connectivity index (χ1n) is 6.71. The summed E-state index contributed by atoms with van der Waals surface area (Å²) in [7, 11) is 2.24. The van der Waals surface area contributed by atoms with Crippen molar-refractivity contribution in [3.05, 3.63) is 0 Å². The Labute approximate surface area is 100 Å². The van der Waals surface area contributed by atoms with E-state index in [1.807, 2.05) is 6.92 Å². The number of rotatable bonds is 6. The molecule has 0 aromatic rings. The van der Waals surface area contributed by atoms with Gasteiger partial charge < -0.3 is 15.3 Å². The van der Waals surface area contributed by atoms with E-state index in [2.05, 4.69) is 24.2 Å². The van der Waals surface area contributed by atoms with E-state index in [1.165, 1.54) is 32.2 Å². The minimum Gasteiger partial charge on any atom is -0.393 e. The minimum atomic E-state index is -0.195. The van der Waals surface area contributed by atoms with Gasteiger partial charge in [-0.2, -0.15) is 0 Å². The SMILES string of the molecule is CC(O)CC(C)NCCC1CCCCN1C. The average molecular weight is 228 g/mol. The molecule has 1 saturated heterocycles. The molecule has 0 amide bonds. The second-order valence-electron chi connectivity index (χ2n) is 5.36. The maximum Gasteiger partial charge on any atom is 0.0526 e. The van der Waals surface area contributed by atoms with Crippen LogP contribution in [-0.4, -0.2) is 48.3 Å². The number of likely N-dealkylation sites (tertiary alicyclic amines) is 1. The van der Waals surface area contributed by atoms with E-state index in [0.29, 0.717) is 6.04 Å². The van der Waals surface area contributed by atoms with Gasteiger partial charge in [-0.25, -0.2) is 0 Å². The molecule has 1 fully saturated rings. The lowest BCUT2D eigenvalue weighted by Gasteiger charge is -2.32. The third-order valence-corrected chi connectivity index (χ3v) is 3.59. The van der Waals surface area contributed by atoms with Crippen LogP contribution >= 0.6 is 0 Å². The van der Waals surface area contributed by atoms with Crippen LogP contribution in [0.4, 0.5) is 0 Å². The van der Waals surface area contributed by atoms with Crippen LogP contribution in [0.2, 0.25) is 0 Å². The molecule has 1 aliphatic rings. The molecule has 0 spiro atoms. The molecule has 16 heavy (non-hydrogen) atoms. The summed E-state index contributed by atoms with van der Waals surface area (Å²) < 4.78 is 0. The van der Waals surface area contributed by atoms with E-state index >= 15 is 0 Å². The maximum absolute atomic E-state index is 9.26. The zero-order valence-electron chi connectivity index (χ0n) is 11.1. The van der Waals surface area contributed by atoms with Crippen LogP contribution in [-0.2, 0) is 0 Å². The molecule has 1 rings (SSSR count). The summed E-state index contributed by atoms with van der Waals surface area (Å²) in [5.41, 5.74) is 0. The fourth-order valence-electron chi connectivity index (χ4n) is 2.60. The van der Waals surface area contributed by atoms with Crippen LogP contribution in [0, 0.1) is 0 Å². The second kappa shape index (κ2) is 7.25. The quantitative estimate of drug-likeness (QED) is 0.725. The maximum atomic E-state index is 9.26. The van der Waals surface area contributed by atoms with Crippen molar-refractivity contribution in [3.8, 4) is 0 Å². The first-order chi connectivity index (χ1) is 7.59. The van der Waals surface area contributed by atoms with Crippen LogP contribution < -0.4 is 5.32 Å². The largest absolute Gasteiger partial charge is 0.393 e. The van der Waals surface area contributed by atoms with Crippen molar-refractivity contribution in [1.82, 2.24) is 10.2 Å². The first kappa shape index (κ1) is 13.9. The third-order valence-electron chi connectivity index (χ3n) is 3.59. The molecular formula is C13H28N2O. The molecule has 0 aromatic carbocycles. The number of hydrogen-bond acceptors (Lipinski definition) is 3. The van der Waals surface area contributed by atoms with Gasteiger partial charge >= 0.3 is 0 Å². The van der Waals surface area contributed by atoms with Crippen molar-refractivity contribution in [2.75, 3.05) is 20.1 Å². The van der Waals surface area contributed by atoms with Gasteiger partial charge in [-0.05, 0) is 59.7 Å². The molecule has 0 saturated carbocycles. The fraction of sp³-hybridized carbons (Fsp3) is 1.00. The van der Waals surface area contributed by atoms with Crippen molar-refractivity contribution in [1.29, 1.82) is 0 Å². The highest BCUT2D eigenvalue weighted by Crippen LogP contribution is 2.17. The molecule has 3 atom stereocenters. The molecule has 0 aliphatic carbocycles. The lowest BCUT2D eigenvalue weighted by molar-refractivity contribution is 0.162. The minimum absolute atomic E-state index is 0.195. The van der Waals surface area contributed by atoms with Crippen molar-refractivity contribution in [3.63, 3.8) is 0 Å². The standard InChI is InChI=1S/C13H28N2O/c1-11(10-12(2)16)14-8-7-13-6-4-5-9-15(13)3/h11-14,16H,4-10H2,1-3H3. The molecule has 0 bridgehead atoms. The van der Waals surface area contributed by atoms with E-state index in [1.54, 1.807) is 0 Å². The van der Waals surface area contributed by atoms with Gasteiger partial charge in [0, 0.05) is 12.1 Å². The normalized spacial score (nSPS) is 26.6. The Morgan fingerprint density at radius 2 is 2.12 bits per heavy atom. The highest BCUT2D eigenvalue weighted by Gasteiger charge is 2.18. The molecule has 0 aromatic heterocycles. The molecule has 3 unspecified atom stereocenters. The van der Waals surface area contributed by atoms with Gasteiger partial charge in [0.2, 0.25) is 0 Å². The Hall–Kier alpha value is -0.120. The number of aliphatic hydroxyl groups is 1. The molecule has 3 nitrogen and oxygen atoms in total. The molecule has 2 N–H and O–H groups in total. The summed E-state index contributed by atoms with van der Waals surface area (Å²) in [6.07, 6.45) is 5.99. The van der Waals surface area contributed by atoms with E-state index in [-0.39, 0.29) is 6.10 Å². The molecule has 1 aliphatic heterocycles. The predicted molar refractivity (Wildman–Crippen MR) is 68.6 cm³/mol. The van der Waals surface area contributed by atoms with E-state index in [4.69, 9.17) is 0 Å².